The Morgan fingerprint density at radius 2 is 1.80 bits per heavy atom. The van der Waals surface area contributed by atoms with Crippen LogP contribution in [0.15, 0.2) is 4.52 Å². The number of hydrogen-bond acceptors (Lipinski definition) is 3. The van der Waals surface area contributed by atoms with E-state index in [1.807, 2.05) is 6.92 Å². The molecule has 0 atom stereocenters. The Hall–Kier alpha value is -0.830. The van der Waals surface area contributed by atoms with Gasteiger partial charge in [0.15, 0.2) is 0 Å². The Kier molecular flexibility index (Phi) is 3.24. The zero-order chi connectivity index (χ0) is 11.8. The Morgan fingerprint density at radius 1 is 1.27 bits per heavy atom. The zero-order valence-electron chi connectivity index (χ0n) is 10.9. The van der Waals surface area contributed by atoms with E-state index in [-0.39, 0.29) is 5.54 Å². The minimum atomic E-state index is -0.0873. The van der Waals surface area contributed by atoms with E-state index >= 15 is 0 Å². The number of aromatic nitrogens is 1. The second-order valence-corrected chi connectivity index (χ2v) is 4.98. The zero-order valence-corrected chi connectivity index (χ0v) is 10.9. The van der Waals surface area contributed by atoms with Crippen molar-refractivity contribution in [2.24, 2.45) is 0 Å². The maximum Gasteiger partial charge on any atom is 0.136 e. The largest absolute Gasteiger partial charge is 0.361 e. The minimum absolute atomic E-state index is 0.0873. The number of aryl methyl sites for hydroxylation is 1. The molecule has 1 aromatic rings. The Labute approximate surface area is 92.4 Å². The fourth-order valence-corrected chi connectivity index (χ4v) is 1.80. The second kappa shape index (κ2) is 3.97. The molecule has 15 heavy (non-hydrogen) atoms. The van der Waals surface area contributed by atoms with Gasteiger partial charge in [0, 0.05) is 11.6 Å². The smallest absolute Gasteiger partial charge is 0.136 e. The SMILES string of the molecule is Cc1onc(C(C)(C)N(C)C(C)C)c1C. The van der Waals surface area contributed by atoms with E-state index in [9.17, 15) is 0 Å². The lowest BCUT2D eigenvalue weighted by molar-refractivity contribution is 0.110. The first-order chi connectivity index (χ1) is 6.78. The van der Waals surface area contributed by atoms with Gasteiger partial charge >= 0.3 is 0 Å². The highest BCUT2D eigenvalue weighted by Gasteiger charge is 2.32. The van der Waals surface area contributed by atoms with Gasteiger partial charge in [-0.05, 0) is 48.6 Å². The summed E-state index contributed by atoms with van der Waals surface area (Å²) in [7, 11) is 2.12. The summed E-state index contributed by atoms with van der Waals surface area (Å²) in [4.78, 5) is 2.30. The van der Waals surface area contributed by atoms with Crippen molar-refractivity contribution < 1.29 is 4.52 Å². The molecule has 0 N–H and O–H groups in total. The molecule has 1 heterocycles. The van der Waals surface area contributed by atoms with E-state index in [4.69, 9.17) is 4.52 Å². The van der Waals surface area contributed by atoms with Gasteiger partial charge in [-0.1, -0.05) is 5.16 Å². The molecule has 0 radical (unpaired) electrons. The summed E-state index contributed by atoms with van der Waals surface area (Å²) in [5, 5.41) is 4.17. The van der Waals surface area contributed by atoms with Crippen LogP contribution in [0.1, 0.15) is 44.7 Å². The summed E-state index contributed by atoms with van der Waals surface area (Å²) in [6.45, 7) is 12.7. The third-order valence-corrected chi connectivity index (χ3v) is 3.39. The molecule has 0 amide bonds. The average molecular weight is 210 g/mol. The molecule has 0 aliphatic carbocycles. The number of nitrogens with zero attached hydrogens (tertiary/aromatic N) is 2. The van der Waals surface area contributed by atoms with E-state index in [0.717, 1.165) is 17.0 Å². The molecule has 0 unspecified atom stereocenters. The molecule has 0 aliphatic heterocycles. The van der Waals surface area contributed by atoms with Crippen molar-refractivity contribution in [3.63, 3.8) is 0 Å². The van der Waals surface area contributed by atoms with E-state index in [1.54, 1.807) is 0 Å². The fraction of sp³-hybridized carbons (Fsp3) is 0.750. The van der Waals surface area contributed by atoms with E-state index < -0.39 is 0 Å². The van der Waals surface area contributed by atoms with Crippen molar-refractivity contribution in [3.8, 4) is 0 Å². The lowest BCUT2D eigenvalue weighted by Gasteiger charge is -2.37. The minimum Gasteiger partial charge on any atom is -0.361 e. The third kappa shape index (κ3) is 2.07. The molecule has 0 fully saturated rings. The molecule has 0 spiro atoms. The van der Waals surface area contributed by atoms with E-state index in [0.29, 0.717) is 6.04 Å². The molecular formula is C12H22N2O. The van der Waals surface area contributed by atoms with Gasteiger partial charge in [0.05, 0.1) is 5.54 Å². The van der Waals surface area contributed by atoms with Gasteiger partial charge in [-0.25, -0.2) is 0 Å². The molecule has 1 aromatic heterocycles. The first-order valence-electron chi connectivity index (χ1n) is 5.44. The molecule has 86 valence electrons. The van der Waals surface area contributed by atoms with Crippen LogP contribution in [0, 0.1) is 13.8 Å². The summed E-state index contributed by atoms with van der Waals surface area (Å²) in [5.74, 6) is 0.912. The maximum absolute atomic E-state index is 5.23. The highest BCUT2D eigenvalue weighted by Crippen LogP contribution is 2.30. The van der Waals surface area contributed by atoms with Crippen molar-refractivity contribution in [1.29, 1.82) is 0 Å². The molecule has 1 rings (SSSR count). The van der Waals surface area contributed by atoms with Crippen molar-refractivity contribution in [2.45, 2.75) is 53.1 Å². The standard InChI is InChI=1S/C12H22N2O/c1-8(2)14(7)12(5,6)11-9(3)10(4)15-13-11/h8H,1-7H3. The van der Waals surface area contributed by atoms with Crippen molar-refractivity contribution >= 4 is 0 Å². The van der Waals surface area contributed by atoms with Gasteiger partial charge < -0.3 is 4.52 Å². The molecule has 0 aromatic carbocycles. The molecule has 0 saturated heterocycles. The van der Waals surface area contributed by atoms with Crippen LogP contribution >= 0.6 is 0 Å². The van der Waals surface area contributed by atoms with Gasteiger partial charge in [0.25, 0.3) is 0 Å². The summed E-state index contributed by atoms with van der Waals surface area (Å²) in [6.07, 6.45) is 0. The predicted molar refractivity (Wildman–Crippen MR) is 61.9 cm³/mol. The van der Waals surface area contributed by atoms with Gasteiger partial charge in [0.2, 0.25) is 0 Å². The molecule has 0 saturated carbocycles. The monoisotopic (exact) mass is 210 g/mol. The first-order valence-corrected chi connectivity index (χ1v) is 5.44. The molecular weight excluding hydrogens is 188 g/mol. The van der Waals surface area contributed by atoms with Crippen molar-refractivity contribution in [2.75, 3.05) is 7.05 Å². The van der Waals surface area contributed by atoms with Crippen LogP contribution in [0.25, 0.3) is 0 Å². The average Bonchev–Trinajstić information content (AvgIpc) is 2.46. The third-order valence-electron chi connectivity index (χ3n) is 3.39. The lowest BCUT2D eigenvalue weighted by Crippen LogP contribution is -2.43. The molecule has 0 bridgehead atoms. The van der Waals surface area contributed by atoms with Crippen LogP contribution in [0.3, 0.4) is 0 Å². The van der Waals surface area contributed by atoms with Gasteiger partial charge in [-0.15, -0.1) is 0 Å². The Balaban J connectivity index is 3.10. The van der Waals surface area contributed by atoms with Crippen LogP contribution in [0.4, 0.5) is 0 Å². The predicted octanol–water partition coefficient (Wildman–Crippen LogP) is 2.87. The number of hydrogen-bond donors (Lipinski definition) is 0. The molecule has 3 heteroatoms. The highest BCUT2D eigenvalue weighted by atomic mass is 16.5. The van der Waals surface area contributed by atoms with Crippen molar-refractivity contribution in [1.82, 2.24) is 10.1 Å². The quantitative estimate of drug-likeness (QED) is 0.768. The summed E-state index contributed by atoms with van der Waals surface area (Å²) in [5.41, 5.74) is 2.11. The van der Waals surface area contributed by atoms with Crippen LogP contribution in [0.5, 0.6) is 0 Å². The van der Waals surface area contributed by atoms with Crippen molar-refractivity contribution in [3.05, 3.63) is 17.0 Å². The summed E-state index contributed by atoms with van der Waals surface area (Å²) in [6, 6.07) is 0.483. The Bertz CT molecular complexity index is 339. The highest BCUT2D eigenvalue weighted by molar-refractivity contribution is 5.26. The lowest BCUT2D eigenvalue weighted by atomic mass is 9.94. The van der Waals surface area contributed by atoms with Gasteiger partial charge in [-0.3, -0.25) is 4.90 Å². The summed E-state index contributed by atoms with van der Waals surface area (Å²) < 4.78 is 5.23. The Morgan fingerprint density at radius 3 is 2.13 bits per heavy atom. The summed E-state index contributed by atoms with van der Waals surface area (Å²) >= 11 is 0. The van der Waals surface area contributed by atoms with E-state index in [2.05, 4.69) is 51.7 Å². The normalized spacial score (nSPS) is 12.9. The fourth-order valence-electron chi connectivity index (χ4n) is 1.80. The van der Waals surface area contributed by atoms with Crippen LogP contribution < -0.4 is 0 Å². The second-order valence-electron chi connectivity index (χ2n) is 4.98. The van der Waals surface area contributed by atoms with Crippen LogP contribution in [0.2, 0.25) is 0 Å². The maximum atomic E-state index is 5.23. The van der Waals surface area contributed by atoms with Gasteiger partial charge in [-0.2, -0.15) is 0 Å². The van der Waals surface area contributed by atoms with Crippen LogP contribution in [-0.2, 0) is 5.54 Å². The topological polar surface area (TPSA) is 29.3 Å². The molecule has 3 nitrogen and oxygen atoms in total. The van der Waals surface area contributed by atoms with Crippen LogP contribution in [-0.4, -0.2) is 23.1 Å². The van der Waals surface area contributed by atoms with E-state index in [1.165, 1.54) is 0 Å². The molecule has 0 aliphatic rings. The first kappa shape index (κ1) is 12.2. The van der Waals surface area contributed by atoms with Gasteiger partial charge in [0.1, 0.15) is 11.5 Å². The number of rotatable bonds is 3.